The number of hydrogen-bond acceptors (Lipinski definition) is 5. The second-order valence-electron chi connectivity index (χ2n) is 7.03. The van der Waals surface area contributed by atoms with Gasteiger partial charge in [0.25, 0.3) is 5.91 Å². The van der Waals surface area contributed by atoms with Gasteiger partial charge in [0.1, 0.15) is 22.5 Å². The monoisotopic (exact) mass is 463 g/mol. The summed E-state index contributed by atoms with van der Waals surface area (Å²) in [6.45, 7) is 1.52. The standard InChI is InChI=1S/C22H19ClFNO3S2/c23-18-10-15(5-8-19(18)28-13-14-3-6-16(24)7-4-14)11-20-21(26)25(22(29)30-20)12-17-2-1-9-27-17/h3-8,10-11,17H,1-2,9,12-13H2/b20-11-/t17-/m0/s1. The van der Waals surface area contributed by atoms with Crippen molar-refractivity contribution >= 4 is 51.9 Å². The van der Waals surface area contributed by atoms with E-state index in [4.69, 9.17) is 33.3 Å². The molecule has 8 heteroatoms. The van der Waals surface area contributed by atoms with Gasteiger partial charge in [-0.2, -0.15) is 0 Å². The van der Waals surface area contributed by atoms with Crippen LogP contribution in [0.3, 0.4) is 0 Å². The molecule has 2 aliphatic rings. The van der Waals surface area contributed by atoms with Gasteiger partial charge < -0.3 is 9.47 Å². The largest absolute Gasteiger partial charge is 0.487 e. The third kappa shape index (κ3) is 5.03. The van der Waals surface area contributed by atoms with Gasteiger partial charge in [0.2, 0.25) is 0 Å². The van der Waals surface area contributed by atoms with E-state index < -0.39 is 0 Å². The lowest BCUT2D eigenvalue weighted by atomic mass is 10.2. The maximum absolute atomic E-state index is 13.0. The van der Waals surface area contributed by atoms with E-state index in [0.717, 1.165) is 30.6 Å². The Bertz CT molecular complexity index is 990. The van der Waals surface area contributed by atoms with E-state index in [1.807, 2.05) is 6.07 Å². The van der Waals surface area contributed by atoms with Crippen LogP contribution in [0.15, 0.2) is 47.4 Å². The molecule has 2 aromatic rings. The molecular weight excluding hydrogens is 445 g/mol. The fourth-order valence-corrected chi connectivity index (χ4v) is 4.78. The molecular formula is C22H19ClFNO3S2. The zero-order valence-corrected chi connectivity index (χ0v) is 18.4. The Hall–Kier alpha value is -1.93. The molecule has 0 saturated carbocycles. The number of hydrogen-bond donors (Lipinski definition) is 0. The van der Waals surface area contributed by atoms with Crippen molar-refractivity contribution < 1.29 is 18.7 Å². The molecule has 0 spiro atoms. The van der Waals surface area contributed by atoms with Crippen LogP contribution in [0.1, 0.15) is 24.0 Å². The highest BCUT2D eigenvalue weighted by Crippen LogP contribution is 2.35. The van der Waals surface area contributed by atoms with Crippen LogP contribution in [0.2, 0.25) is 5.02 Å². The summed E-state index contributed by atoms with van der Waals surface area (Å²) in [7, 11) is 0. The lowest BCUT2D eigenvalue weighted by molar-refractivity contribution is -0.123. The molecule has 4 nitrogen and oxygen atoms in total. The minimum absolute atomic E-state index is 0.0545. The zero-order valence-electron chi connectivity index (χ0n) is 16.0. The first kappa shape index (κ1) is 21.3. The Kier molecular flexibility index (Phi) is 6.73. The first-order valence-corrected chi connectivity index (χ1v) is 11.1. The van der Waals surface area contributed by atoms with E-state index in [-0.39, 0.29) is 24.4 Å². The second-order valence-corrected chi connectivity index (χ2v) is 9.12. The van der Waals surface area contributed by atoms with Crippen molar-refractivity contribution in [2.45, 2.75) is 25.6 Å². The topological polar surface area (TPSA) is 38.8 Å². The molecule has 4 rings (SSSR count). The van der Waals surface area contributed by atoms with E-state index in [0.29, 0.717) is 26.5 Å². The van der Waals surface area contributed by atoms with Crippen LogP contribution in [0, 0.1) is 5.82 Å². The van der Waals surface area contributed by atoms with Crippen LogP contribution >= 0.6 is 35.6 Å². The second kappa shape index (κ2) is 9.47. The van der Waals surface area contributed by atoms with Gasteiger partial charge in [-0.1, -0.05) is 53.8 Å². The average Bonchev–Trinajstić information content (AvgIpc) is 3.33. The highest BCUT2D eigenvalue weighted by molar-refractivity contribution is 8.26. The summed E-state index contributed by atoms with van der Waals surface area (Å²) in [5.74, 6) is 0.125. The van der Waals surface area contributed by atoms with Crippen LogP contribution < -0.4 is 4.74 Å². The van der Waals surface area contributed by atoms with E-state index in [1.165, 1.54) is 23.9 Å². The van der Waals surface area contributed by atoms with Crippen LogP contribution in [-0.2, 0) is 16.1 Å². The van der Waals surface area contributed by atoms with Crippen molar-refractivity contribution in [3.63, 3.8) is 0 Å². The molecule has 1 atom stereocenters. The summed E-state index contributed by atoms with van der Waals surface area (Å²) >= 11 is 13.0. The molecule has 2 heterocycles. The molecule has 0 radical (unpaired) electrons. The quantitative estimate of drug-likeness (QED) is 0.421. The molecule has 0 unspecified atom stereocenters. The molecule has 0 N–H and O–H groups in total. The number of carbonyl (C=O) groups excluding carboxylic acids is 1. The van der Waals surface area contributed by atoms with Crippen molar-refractivity contribution in [1.29, 1.82) is 0 Å². The Labute approximate surface area is 189 Å². The average molecular weight is 464 g/mol. The minimum atomic E-state index is -0.290. The highest BCUT2D eigenvalue weighted by Gasteiger charge is 2.34. The highest BCUT2D eigenvalue weighted by atomic mass is 35.5. The molecule has 1 amide bonds. The third-order valence-corrected chi connectivity index (χ3v) is 6.52. The van der Waals surface area contributed by atoms with Gasteiger partial charge in [-0.25, -0.2) is 4.39 Å². The van der Waals surface area contributed by atoms with E-state index in [2.05, 4.69) is 0 Å². The summed E-state index contributed by atoms with van der Waals surface area (Å²) in [6, 6.07) is 11.4. The number of carbonyl (C=O) groups is 1. The Morgan fingerprint density at radius 1 is 1.30 bits per heavy atom. The van der Waals surface area contributed by atoms with Crippen molar-refractivity contribution in [3.05, 3.63) is 69.3 Å². The zero-order chi connectivity index (χ0) is 21.1. The number of rotatable bonds is 6. The normalized spacial score (nSPS) is 20.4. The van der Waals surface area contributed by atoms with Crippen LogP contribution in [0.4, 0.5) is 4.39 Å². The smallest absolute Gasteiger partial charge is 0.266 e. The number of thioether (sulfide) groups is 1. The molecule has 156 valence electrons. The van der Waals surface area contributed by atoms with Crippen molar-refractivity contribution in [2.75, 3.05) is 13.2 Å². The Morgan fingerprint density at radius 2 is 2.10 bits per heavy atom. The Morgan fingerprint density at radius 3 is 2.80 bits per heavy atom. The van der Waals surface area contributed by atoms with Crippen molar-refractivity contribution in [2.24, 2.45) is 0 Å². The number of ether oxygens (including phenoxy) is 2. The Balaban J connectivity index is 1.42. The van der Waals surface area contributed by atoms with E-state index >= 15 is 0 Å². The molecule has 30 heavy (non-hydrogen) atoms. The molecule has 2 saturated heterocycles. The predicted octanol–water partition coefficient (Wildman–Crippen LogP) is 5.44. The van der Waals surface area contributed by atoms with Crippen LogP contribution in [0.5, 0.6) is 5.75 Å². The van der Waals surface area contributed by atoms with E-state index in [9.17, 15) is 9.18 Å². The molecule has 2 aromatic carbocycles. The molecule has 0 aromatic heterocycles. The number of thiocarbonyl (C=S) groups is 1. The van der Waals surface area contributed by atoms with Crippen molar-refractivity contribution in [1.82, 2.24) is 4.90 Å². The summed E-state index contributed by atoms with van der Waals surface area (Å²) in [5.41, 5.74) is 1.62. The lowest BCUT2D eigenvalue weighted by Gasteiger charge is -2.18. The van der Waals surface area contributed by atoms with Gasteiger partial charge in [0.15, 0.2) is 0 Å². The molecule has 2 fully saturated rings. The van der Waals surface area contributed by atoms with Gasteiger partial charge in [0, 0.05) is 6.61 Å². The van der Waals surface area contributed by atoms with Crippen LogP contribution in [0.25, 0.3) is 6.08 Å². The number of amides is 1. The number of nitrogens with zero attached hydrogens (tertiary/aromatic N) is 1. The minimum Gasteiger partial charge on any atom is -0.487 e. The first-order valence-electron chi connectivity index (χ1n) is 9.53. The van der Waals surface area contributed by atoms with Gasteiger partial charge in [-0.15, -0.1) is 0 Å². The number of benzene rings is 2. The maximum Gasteiger partial charge on any atom is 0.266 e. The first-order chi connectivity index (χ1) is 14.5. The van der Waals surface area contributed by atoms with Crippen LogP contribution in [-0.4, -0.2) is 34.4 Å². The van der Waals surface area contributed by atoms with Gasteiger partial charge >= 0.3 is 0 Å². The third-order valence-electron chi connectivity index (χ3n) is 4.85. The van der Waals surface area contributed by atoms with Gasteiger partial charge in [-0.3, -0.25) is 9.69 Å². The fraction of sp³-hybridized carbons (Fsp3) is 0.273. The summed E-state index contributed by atoms with van der Waals surface area (Å²) < 4.78 is 24.9. The SMILES string of the molecule is O=C1/C(=C/c2ccc(OCc3ccc(F)cc3)c(Cl)c2)SC(=S)N1C[C@@H]1CCCO1. The predicted molar refractivity (Wildman–Crippen MR) is 121 cm³/mol. The van der Waals surface area contributed by atoms with E-state index in [1.54, 1.807) is 35.2 Å². The van der Waals surface area contributed by atoms with Crippen molar-refractivity contribution in [3.8, 4) is 5.75 Å². The lowest BCUT2D eigenvalue weighted by Crippen LogP contribution is -2.35. The number of halogens is 2. The molecule has 0 aliphatic carbocycles. The maximum atomic E-state index is 13.0. The summed E-state index contributed by atoms with van der Waals surface area (Å²) in [6.07, 6.45) is 3.80. The fourth-order valence-electron chi connectivity index (χ4n) is 3.27. The van der Waals surface area contributed by atoms with Gasteiger partial charge in [-0.05, 0) is 54.3 Å². The summed E-state index contributed by atoms with van der Waals surface area (Å²) in [5, 5.41) is 0.431. The molecule has 2 aliphatic heterocycles. The summed E-state index contributed by atoms with van der Waals surface area (Å²) in [4.78, 5) is 14.9. The van der Waals surface area contributed by atoms with Gasteiger partial charge in [0.05, 0.1) is 22.6 Å². The molecule has 0 bridgehead atoms.